The van der Waals surface area contributed by atoms with Crippen LogP contribution in [0.5, 0.6) is 0 Å². The Bertz CT molecular complexity index is 164. The SMILES string of the molecule is CCCCCCCCCCCCCCCCCCCCCCC.[C]. The van der Waals surface area contributed by atoms with E-state index in [0.717, 1.165) is 0 Å². The van der Waals surface area contributed by atoms with Crippen molar-refractivity contribution < 1.29 is 0 Å². The molecule has 0 heterocycles. The second-order valence-electron chi connectivity index (χ2n) is 7.72. The molecule has 0 rings (SSSR count). The maximum Gasteiger partial charge on any atom is 0 e. The Morgan fingerprint density at radius 1 is 0.250 bits per heavy atom. The van der Waals surface area contributed by atoms with Crippen LogP contribution in [0.2, 0.25) is 0 Å². The van der Waals surface area contributed by atoms with E-state index in [0.29, 0.717) is 0 Å². The molecule has 144 valence electrons. The number of unbranched alkanes of at least 4 members (excludes halogenated alkanes) is 20. The Kier molecular flexibility index (Phi) is 27.6. The Balaban J connectivity index is 0. The van der Waals surface area contributed by atoms with Crippen LogP contribution in [-0.2, 0) is 0 Å². The summed E-state index contributed by atoms with van der Waals surface area (Å²) in [6.45, 7) is 4.60. The first kappa shape index (κ1) is 26.2. The van der Waals surface area contributed by atoms with Crippen molar-refractivity contribution in [3.63, 3.8) is 0 Å². The van der Waals surface area contributed by atoms with Crippen molar-refractivity contribution in [2.24, 2.45) is 0 Å². The zero-order valence-corrected chi connectivity index (χ0v) is 17.3. The third kappa shape index (κ3) is 24.3. The molecule has 0 aliphatic rings. The van der Waals surface area contributed by atoms with Crippen LogP contribution in [0, 0.1) is 7.43 Å². The zero-order valence-electron chi connectivity index (χ0n) is 17.3. The smallest absolute Gasteiger partial charge is 0 e. The summed E-state index contributed by atoms with van der Waals surface area (Å²) in [5.41, 5.74) is 0. The lowest BCUT2D eigenvalue weighted by Crippen LogP contribution is -1.84. The molecule has 0 fully saturated rings. The summed E-state index contributed by atoms with van der Waals surface area (Å²) in [7, 11) is 0. The van der Waals surface area contributed by atoms with Gasteiger partial charge in [-0.1, -0.05) is 149 Å². The van der Waals surface area contributed by atoms with E-state index in [1.54, 1.807) is 0 Å². The highest BCUT2D eigenvalue weighted by Crippen LogP contribution is 2.14. The Labute approximate surface area is 156 Å². The molecule has 0 aromatic rings. The van der Waals surface area contributed by atoms with Gasteiger partial charge in [0.05, 0.1) is 0 Å². The molecule has 4 radical (unpaired) electrons. The fourth-order valence-electron chi connectivity index (χ4n) is 3.51. The van der Waals surface area contributed by atoms with Crippen LogP contribution in [-0.4, -0.2) is 0 Å². The first-order valence-electron chi connectivity index (χ1n) is 11.4. The Morgan fingerprint density at radius 3 is 0.500 bits per heavy atom. The van der Waals surface area contributed by atoms with Gasteiger partial charge in [-0.05, 0) is 0 Å². The van der Waals surface area contributed by atoms with Gasteiger partial charge in [-0.25, -0.2) is 0 Å². The average Bonchev–Trinajstić information content (AvgIpc) is 2.57. The molecule has 0 unspecified atom stereocenters. The molecule has 0 N–H and O–H groups in total. The topological polar surface area (TPSA) is 0 Å². The van der Waals surface area contributed by atoms with Crippen LogP contribution < -0.4 is 0 Å². The van der Waals surface area contributed by atoms with E-state index in [2.05, 4.69) is 13.8 Å². The summed E-state index contributed by atoms with van der Waals surface area (Å²) in [4.78, 5) is 0. The van der Waals surface area contributed by atoms with Gasteiger partial charge in [-0.15, -0.1) is 0 Å². The summed E-state index contributed by atoms with van der Waals surface area (Å²) < 4.78 is 0. The first-order valence-corrected chi connectivity index (χ1v) is 11.4. The highest BCUT2D eigenvalue weighted by molar-refractivity contribution is 4.50. The summed E-state index contributed by atoms with van der Waals surface area (Å²) in [6.07, 6.45) is 30.9. The zero-order chi connectivity index (χ0) is 16.8. The highest BCUT2D eigenvalue weighted by atomic mass is 14.0. The van der Waals surface area contributed by atoms with Crippen molar-refractivity contribution in [1.29, 1.82) is 0 Å². The minimum atomic E-state index is 0. The summed E-state index contributed by atoms with van der Waals surface area (Å²) >= 11 is 0. The Morgan fingerprint density at radius 2 is 0.375 bits per heavy atom. The predicted molar refractivity (Wildman–Crippen MR) is 112 cm³/mol. The van der Waals surface area contributed by atoms with Gasteiger partial charge in [0.2, 0.25) is 0 Å². The van der Waals surface area contributed by atoms with Gasteiger partial charge in [0.1, 0.15) is 0 Å². The van der Waals surface area contributed by atoms with E-state index in [1.807, 2.05) is 0 Å². The lowest BCUT2D eigenvalue weighted by atomic mass is 10.0. The quantitative estimate of drug-likeness (QED) is 0.194. The van der Waals surface area contributed by atoms with Crippen LogP contribution in [0.3, 0.4) is 0 Å². The fourth-order valence-corrected chi connectivity index (χ4v) is 3.51. The minimum Gasteiger partial charge on any atom is -0.0654 e. The van der Waals surface area contributed by atoms with Crippen LogP contribution in [0.4, 0.5) is 0 Å². The Hall–Kier alpha value is 0. The van der Waals surface area contributed by atoms with Crippen LogP contribution in [0.15, 0.2) is 0 Å². The monoisotopic (exact) mass is 336 g/mol. The van der Waals surface area contributed by atoms with Crippen LogP contribution in [0.1, 0.15) is 149 Å². The molecule has 0 aromatic carbocycles. The summed E-state index contributed by atoms with van der Waals surface area (Å²) in [6, 6.07) is 0. The van der Waals surface area contributed by atoms with Gasteiger partial charge in [-0.3, -0.25) is 0 Å². The van der Waals surface area contributed by atoms with E-state index in [9.17, 15) is 0 Å². The van der Waals surface area contributed by atoms with Gasteiger partial charge in [-0.2, -0.15) is 0 Å². The van der Waals surface area contributed by atoms with E-state index < -0.39 is 0 Å². The van der Waals surface area contributed by atoms with E-state index in [4.69, 9.17) is 0 Å². The van der Waals surface area contributed by atoms with Gasteiger partial charge in [0.25, 0.3) is 0 Å². The predicted octanol–water partition coefficient (Wildman–Crippen LogP) is 9.30. The molecule has 0 atom stereocenters. The molecule has 0 amide bonds. The molecule has 0 nitrogen and oxygen atoms in total. The lowest BCUT2D eigenvalue weighted by Gasteiger charge is -2.04. The number of hydrogen-bond donors (Lipinski definition) is 0. The van der Waals surface area contributed by atoms with Gasteiger partial charge in [0.15, 0.2) is 0 Å². The summed E-state index contributed by atoms with van der Waals surface area (Å²) in [5, 5.41) is 0. The first-order chi connectivity index (χ1) is 11.4. The molecule has 0 aliphatic heterocycles. The van der Waals surface area contributed by atoms with Crippen molar-refractivity contribution in [3.8, 4) is 0 Å². The van der Waals surface area contributed by atoms with Crippen molar-refractivity contribution in [3.05, 3.63) is 7.43 Å². The molecular weight excluding hydrogens is 288 g/mol. The van der Waals surface area contributed by atoms with Crippen molar-refractivity contribution in [2.75, 3.05) is 0 Å². The lowest BCUT2D eigenvalue weighted by molar-refractivity contribution is 0.521. The molecule has 0 bridgehead atoms. The van der Waals surface area contributed by atoms with Crippen LogP contribution >= 0.6 is 0 Å². The second-order valence-corrected chi connectivity index (χ2v) is 7.72. The standard InChI is InChI=1S/C23H48.C/c1-3-5-7-9-11-13-15-17-19-21-23-22-20-18-16-14-12-10-8-6-4-2;/h3-23H2,1-2H3;. The molecule has 0 heteroatoms. The largest absolute Gasteiger partial charge is 0.0654 e. The maximum atomic E-state index is 2.30. The normalized spacial score (nSPS) is 10.8. The molecular formula is C24H48. The maximum absolute atomic E-state index is 2.30. The second kappa shape index (κ2) is 25.2. The average molecular weight is 337 g/mol. The molecule has 0 saturated heterocycles. The van der Waals surface area contributed by atoms with E-state index in [-0.39, 0.29) is 7.43 Å². The molecule has 0 aliphatic carbocycles. The van der Waals surface area contributed by atoms with Crippen molar-refractivity contribution in [1.82, 2.24) is 0 Å². The third-order valence-electron chi connectivity index (χ3n) is 5.21. The molecule has 0 aromatic heterocycles. The highest BCUT2D eigenvalue weighted by Gasteiger charge is 1.95. The van der Waals surface area contributed by atoms with Crippen molar-refractivity contribution >= 4 is 0 Å². The minimum absolute atomic E-state index is 0. The molecule has 24 heavy (non-hydrogen) atoms. The van der Waals surface area contributed by atoms with Gasteiger partial charge in [0, 0.05) is 7.43 Å². The third-order valence-corrected chi connectivity index (χ3v) is 5.21. The van der Waals surface area contributed by atoms with Crippen molar-refractivity contribution in [2.45, 2.75) is 149 Å². The summed E-state index contributed by atoms with van der Waals surface area (Å²) in [5.74, 6) is 0. The van der Waals surface area contributed by atoms with E-state index >= 15 is 0 Å². The van der Waals surface area contributed by atoms with Gasteiger partial charge >= 0.3 is 0 Å². The number of hydrogen-bond acceptors (Lipinski definition) is 0. The molecule has 0 saturated carbocycles. The van der Waals surface area contributed by atoms with Crippen LogP contribution in [0.25, 0.3) is 0 Å². The van der Waals surface area contributed by atoms with E-state index in [1.165, 1.54) is 135 Å². The molecule has 0 spiro atoms. The number of rotatable bonds is 20. The fraction of sp³-hybridized carbons (Fsp3) is 0.958. The van der Waals surface area contributed by atoms with Gasteiger partial charge < -0.3 is 0 Å².